The minimum Gasteiger partial charge on any atom is -0.494 e. The van der Waals surface area contributed by atoms with Gasteiger partial charge in [0.25, 0.3) is 0 Å². The Morgan fingerprint density at radius 2 is 1.91 bits per heavy atom. The van der Waals surface area contributed by atoms with Crippen LogP contribution in [0, 0.1) is 5.41 Å². The molecule has 0 spiro atoms. The molecule has 2 aliphatic rings. The second-order valence-corrected chi connectivity index (χ2v) is 9.42. The van der Waals surface area contributed by atoms with Crippen LogP contribution >= 0.6 is 11.6 Å². The van der Waals surface area contributed by atoms with E-state index in [1.807, 2.05) is 55.5 Å². The molecule has 0 radical (unpaired) electrons. The van der Waals surface area contributed by atoms with Gasteiger partial charge in [0, 0.05) is 28.8 Å². The van der Waals surface area contributed by atoms with Crippen molar-refractivity contribution in [1.29, 1.82) is 0 Å². The van der Waals surface area contributed by atoms with Crippen molar-refractivity contribution in [2.24, 2.45) is 5.41 Å². The number of para-hydroxylation sites is 1. The van der Waals surface area contributed by atoms with Crippen LogP contribution in [-0.2, 0) is 4.79 Å². The first-order chi connectivity index (χ1) is 15.4. The van der Waals surface area contributed by atoms with E-state index in [0.29, 0.717) is 29.8 Å². The minimum atomic E-state index is -0.420. The Morgan fingerprint density at radius 1 is 1.16 bits per heavy atom. The van der Waals surface area contributed by atoms with Crippen molar-refractivity contribution in [3.63, 3.8) is 0 Å². The Morgan fingerprint density at radius 3 is 2.69 bits per heavy atom. The van der Waals surface area contributed by atoms with Gasteiger partial charge in [-0.05, 0) is 37.0 Å². The van der Waals surface area contributed by atoms with Gasteiger partial charge in [-0.1, -0.05) is 55.8 Å². The van der Waals surface area contributed by atoms with Crippen molar-refractivity contribution < 1.29 is 9.53 Å². The number of carbonyl (C=O) groups is 1. The quantitative estimate of drug-likeness (QED) is 0.558. The number of Topliss-reactive ketones (excluding diaryl/α,β-unsaturated/α-hetero) is 1. The molecule has 32 heavy (non-hydrogen) atoms. The molecule has 1 atom stereocenters. The number of benzene rings is 2. The molecule has 1 unspecified atom stereocenters. The van der Waals surface area contributed by atoms with E-state index in [9.17, 15) is 4.79 Å². The number of nitrogens with zero attached hydrogens (tertiary/aromatic N) is 3. The lowest BCUT2D eigenvalue weighted by atomic mass is 9.73. The van der Waals surface area contributed by atoms with Crippen LogP contribution in [0.2, 0.25) is 5.02 Å². The molecule has 5 rings (SSSR count). The maximum atomic E-state index is 13.4. The van der Waals surface area contributed by atoms with Crippen LogP contribution in [0.3, 0.4) is 0 Å². The Kier molecular flexibility index (Phi) is 5.05. The van der Waals surface area contributed by atoms with Crippen molar-refractivity contribution in [1.82, 2.24) is 14.8 Å². The van der Waals surface area contributed by atoms with Gasteiger partial charge < -0.3 is 10.1 Å². The Labute approximate surface area is 192 Å². The van der Waals surface area contributed by atoms with Crippen LogP contribution in [0.5, 0.6) is 5.75 Å². The maximum Gasteiger partial charge on any atom is 0.226 e. The molecule has 1 N–H and O–H groups in total. The number of carbonyl (C=O) groups excluding carboxylic acids is 1. The number of allylic oxidation sites excluding steroid dienone is 2. The molecule has 164 valence electrons. The van der Waals surface area contributed by atoms with Gasteiger partial charge in [0.1, 0.15) is 11.8 Å². The Balaban J connectivity index is 1.72. The van der Waals surface area contributed by atoms with Crippen LogP contribution in [0.15, 0.2) is 59.8 Å². The summed E-state index contributed by atoms with van der Waals surface area (Å²) < 4.78 is 7.73. The molecule has 6 nitrogen and oxygen atoms in total. The van der Waals surface area contributed by atoms with Crippen molar-refractivity contribution in [2.75, 3.05) is 11.9 Å². The van der Waals surface area contributed by atoms with Gasteiger partial charge in [-0.3, -0.25) is 4.79 Å². The molecule has 2 heterocycles. The van der Waals surface area contributed by atoms with E-state index in [4.69, 9.17) is 26.4 Å². The first-order valence-corrected chi connectivity index (χ1v) is 11.2. The van der Waals surface area contributed by atoms with Gasteiger partial charge in [0.05, 0.1) is 11.6 Å². The van der Waals surface area contributed by atoms with Crippen molar-refractivity contribution in [2.45, 2.75) is 39.7 Å². The summed E-state index contributed by atoms with van der Waals surface area (Å²) in [6, 6.07) is 14.9. The zero-order valence-electron chi connectivity index (χ0n) is 18.4. The Hall–Kier alpha value is -3.12. The molecule has 1 aromatic heterocycles. The number of ketones is 1. The number of nitrogens with one attached hydrogen (secondary N) is 1. The minimum absolute atomic E-state index is 0.124. The summed E-state index contributed by atoms with van der Waals surface area (Å²) in [6.45, 7) is 6.72. The molecule has 3 aromatic rings. The third kappa shape index (κ3) is 3.48. The fraction of sp³-hybridized carbons (Fsp3) is 0.320. The lowest BCUT2D eigenvalue weighted by Gasteiger charge is -2.38. The monoisotopic (exact) mass is 448 g/mol. The fourth-order valence-electron chi connectivity index (χ4n) is 4.65. The number of hydrogen-bond donors (Lipinski definition) is 1. The second kappa shape index (κ2) is 7.78. The summed E-state index contributed by atoms with van der Waals surface area (Å²) in [5.41, 5.74) is 3.17. The van der Waals surface area contributed by atoms with Crippen molar-refractivity contribution in [3.8, 4) is 17.1 Å². The van der Waals surface area contributed by atoms with E-state index in [-0.39, 0.29) is 11.2 Å². The lowest BCUT2D eigenvalue weighted by Crippen LogP contribution is -2.36. The number of ether oxygens (including phenoxy) is 1. The van der Waals surface area contributed by atoms with Crippen LogP contribution in [-0.4, -0.2) is 27.2 Å². The molecule has 0 saturated heterocycles. The molecule has 0 saturated carbocycles. The van der Waals surface area contributed by atoms with Gasteiger partial charge in [-0.2, -0.15) is 4.98 Å². The molecule has 0 bridgehead atoms. The average Bonchev–Trinajstić information content (AvgIpc) is 3.16. The third-order valence-corrected chi connectivity index (χ3v) is 6.29. The Bertz CT molecular complexity index is 1240. The highest BCUT2D eigenvalue weighted by Gasteiger charge is 2.42. The number of rotatable bonds is 4. The standard InChI is InChI=1S/C25H25ClN4O2/c1-4-32-20-12-8-6-10-16(20)22-21-18(13-25(2,3)14-19(21)31)27-24-28-23(29-30(22)24)15-9-5-7-11-17(15)26/h5-12,22H,4,13-14H2,1-3H3,(H,27,28,29). The molecular weight excluding hydrogens is 424 g/mol. The smallest absolute Gasteiger partial charge is 0.226 e. The van der Waals surface area contributed by atoms with Gasteiger partial charge in [-0.25, -0.2) is 4.68 Å². The predicted octanol–water partition coefficient (Wildman–Crippen LogP) is 5.66. The lowest BCUT2D eigenvalue weighted by molar-refractivity contribution is -0.118. The van der Waals surface area contributed by atoms with Crippen LogP contribution in [0.1, 0.15) is 45.2 Å². The van der Waals surface area contributed by atoms with Crippen molar-refractivity contribution >= 4 is 23.3 Å². The highest BCUT2D eigenvalue weighted by Crippen LogP contribution is 2.47. The average molecular weight is 449 g/mol. The molecule has 0 amide bonds. The highest BCUT2D eigenvalue weighted by atomic mass is 35.5. The van der Waals surface area contributed by atoms with E-state index >= 15 is 0 Å². The van der Waals surface area contributed by atoms with E-state index in [0.717, 1.165) is 34.6 Å². The second-order valence-electron chi connectivity index (χ2n) is 9.01. The van der Waals surface area contributed by atoms with Gasteiger partial charge >= 0.3 is 0 Å². The molecule has 0 fully saturated rings. The summed E-state index contributed by atoms with van der Waals surface area (Å²) >= 11 is 6.43. The normalized spacial score (nSPS) is 19.2. The first-order valence-electron chi connectivity index (χ1n) is 10.8. The third-order valence-electron chi connectivity index (χ3n) is 5.96. The summed E-state index contributed by atoms with van der Waals surface area (Å²) in [7, 11) is 0. The van der Waals surface area contributed by atoms with Crippen molar-refractivity contribution in [3.05, 3.63) is 70.4 Å². The van der Waals surface area contributed by atoms with Crippen LogP contribution < -0.4 is 10.1 Å². The number of hydrogen-bond acceptors (Lipinski definition) is 5. The zero-order chi connectivity index (χ0) is 22.5. The van der Waals surface area contributed by atoms with E-state index in [2.05, 4.69) is 19.2 Å². The van der Waals surface area contributed by atoms with Gasteiger partial charge in [0.15, 0.2) is 11.6 Å². The largest absolute Gasteiger partial charge is 0.494 e. The summed E-state index contributed by atoms with van der Waals surface area (Å²) in [6.07, 6.45) is 1.25. The molecule has 1 aliphatic carbocycles. The van der Waals surface area contributed by atoms with Crippen LogP contribution in [0.25, 0.3) is 11.4 Å². The molecular formula is C25H25ClN4O2. The number of anilines is 1. The number of fused-ring (bicyclic) bond motifs is 1. The molecule has 2 aromatic carbocycles. The maximum absolute atomic E-state index is 13.4. The summed E-state index contributed by atoms with van der Waals surface area (Å²) in [4.78, 5) is 18.2. The van der Waals surface area contributed by atoms with Crippen LogP contribution in [0.4, 0.5) is 5.95 Å². The summed E-state index contributed by atoms with van der Waals surface area (Å²) in [5, 5.41) is 8.81. The fourth-order valence-corrected chi connectivity index (χ4v) is 4.87. The first kappa shape index (κ1) is 20.8. The molecule has 1 aliphatic heterocycles. The SMILES string of the molecule is CCOc1ccccc1C1C2=C(CC(C)(C)CC2=O)Nc2nc(-c3ccccc3Cl)nn21. The molecule has 7 heteroatoms. The predicted molar refractivity (Wildman–Crippen MR) is 125 cm³/mol. The van der Waals surface area contributed by atoms with Gasteiger partial charge in [0.2, 0.25) is 5.95 Å². The highest BCUT2D eigenvalue weighted by molar-refractivity contribution is 6.33. The number of aromatic nitrogens is 3. The summed E-state index contributed by atoms with van der Waals surface area (Å²) in [5.74, 6) is 1.98. The number of halogens is 1. The van der Waals surface area contributed by atoms with E-state index < -0.39 is 6.04 Å². The topological polar surface area (TPSA) is 69.0 Å². The van der Waals surface area contributed by atoms with E-state index in [1.54, 1.807) is 4.68 Å². The van der Waals surface area contributed by atoms with E-state index in [1.165, 1.54) is 0 Å². The van der Waals surface area contributed by atoms with Gasteiger partial charge in [-0.15, -0.1) is 5.10 Å². The zero-order valence-corrected chi connectivity index (χ0v) is 19.1.